The molecule has 13 heavy (non-hydrogen) atoms. The SMILES string of the molecule is C=C([SiH3])c1ccc2ccccc2c1. The lowest BCUT2D eigenvalue weighted by atomic mass is 10.1. The summed E-state index contributed by atoms with van der Waals surface area (Å²) in [4.78, 5) is 0. The molecule has 0 nitrogen and oxygen atoms in total. The maximum absolute atomic E-state index is 3.99. The Morgan fingerprint density at radius 1 is 1.00 bits per heavy atom. The first-order valence-electron chi connectivity index (χ1n) is 4.42. The van der Waals surface area contributed by atoms with Crippen molar-refractivity contribution in [1.82, 2.24) is 0 Å². The van der Waals surface area contributed by atoms with Crippen molar-refractivity contribution < 1.29 is 0 Å². The van der Waals surface area contributed by atoms with Gasteiger partial charge in [-0.3, -0.25) is 0 Å². The van der Waals surface area contributed by atoms with Gasteiger partial charge in [0.25, 0.3) is 0 Å². The number of hydrogen-bond donors (Lipinski definition) is 0. The van der Waals surface area contributed by atoms with Crippen LogP contribution in [0.4, 0.5) is 0 Å². The first-order chi connectivity index (χ1) is 6.27. The van der Waals surface area contributed by atoms with Gasteiger partial charge < -0.3 is 0 Å². The fraction of sp³-hybridized carbons (Fsp3) is 0. The van der Waals surface area contributed by atoms with Crippen molar-refractivity contribution in [2.75, 3.05) is 0 Å². The van der Waals surface area contributed by atoms with Crippen LogP contribution in [0.25, 0.3) is 16.0 Å². The first kappa shape index (κ1) is 8.26. The van der Waals surface area contributed by atoms with E-state index >= 15 is 0 Å². The molecule has 0 aliphatic carbocycles. The topological polar surface area (TPSA) is 0 Å². The second-order valence-electron chi connectivity index (χ2n) is 3.34. The zero-order chi connectivity index (χ0) is 9.26. The van der Waals surface area contributed by atoms with Gasteiger partial charge in [-0.2, -0.15) is 0 Å². The lowest BCUT2D eigenvalue weighted by molar-refractivity contribution is 1.70. The minimum Gasteiger partial charge on any atom is -0.100 e. The molecule has 0 radical (unpaired) electrons. The summed E-state index contributed by atoms with van der Waals surface area (Å²) in [5.41, 5.74) is 1.28. The third-order valence-electron chi connectivity index (χ3n) is 2.24. The van der Waals surface area contributed by atoms with Gasteiger partial charge in [0.1, 0.15) is 0 Å². The predicted molar refractivity (Wildman–Crippen MR) is 62.9 cm³/mol. The molecule has 0 heterocycles. The van der Waals surface area contributed by atoms with E-state index in [0.717, 1.165) is 10.2 Å². The van der Waals surface area contributed by atoms with Crippen molar-refractivity contribution in [3.63, 3.8) is 0 Å². The number of hydrogen-bond acceptors (Lipinski definition) is 0. The van der Waals surface area contributed by atoms with E-state index in [9.17, 15) is 0 Å². The average molecular weight is 184 g/mol. The highest BCUT2D eigenvalue weighted by Gasteiger charge is 1.95. The molecule has 0 atom stereocenters. The molecule has 0 aliphatic rings. The van der Waals surface area contributed by atoms with Crippen molar-refractivity contribution in [1.29, 1.82) is 0 Å². The van der Waals surface area contributed by atoms with Gasteiger partial charge in [-0.1, -0.05) is 41.6 Å². The minimum absolute atomic E-state index is 1.04. The van der Waals surface area contributed by atoms with E-state index in [0.29, 0.717) is 0 Å². The van der Waals surface area contributed by atoms with E-state index in [1.54, 1.807) is 0 Å². The predicted octanol–water partition coefficient (Wildman–Crippen LogP) is 2.18. The molecule has 0 aromatic heterocycles. The van der Waals surface area contributed by atoms with Crippen LogP contribution in [0.15, 0.2) is 49.0 Å². The maximum atomic E-state index is 3.99. The summed E-state index contributed by atoms with van der Waals surface area (Å²) in [7, 11) is 1.04. The van der Waals surface area contributed by atoms with Crippen LogP contribution in [0.3, 0.4) is 0 Å². The number of fused-ring (bicyclic) bond motifs is 1. The van der Waals surface area contributed by atoms with Crippen molar-refractivity contribution in [3.8, 4) is 0 Å². The second kappa shape index (κ2) is 3.19. The number of benzene rings is 2. The Kier molecular flexibility index (Phi) is 2.03. The van der Waals surface area contributed by atoms with Crippen LogP contribution in [0.2, 0.25) is 0 Å². The van der Waals surface area contributed by atoms with E-state index in [1.807, 2.05) is 0 Å². The average Bonchev–Trinajstić information content (AvgIpc) is 2.17. The second-order valence-corrected chi connectivity index (χ2v) is 4.55. The normalized spacial score (nSPS) is 10.5. The minimum atomic E-state index is 1.04. The zero-order valence-corrected chi connectivity index (χ0v) is 9.75. The summed E-state index contributed by atoms with van der Waals surface area (Å²) < 4.78 is 0. The molecule has 2 aromatic rings. The van der Waals surface area contributed by atoms with Gasteiger partial charge in [-0.25, -0.2) is 0 Å². The Morgan fingerprint density at radius 3 is 2.38 bits per heavy atom. The lowest BCUT2D eigenvalue weighted by Gasteiger charge is -2.02. The van der Waals surface area contributed by atoms with Gasteiger partial charge in [0.2, 0.25) is 0 Å². The Bertz CT molecular complexity index is 457. The van der Waals surface area contributed by atoms with E-state index in [1.165, 1.54) is 21.5 Å². The van der Waals surface area contributed by atoms with Crippen molar-refractivity contribution >= 4 is 26.2 Å². The van der Waals surface area contributed by atoms with Gasteiger partial charge in [-0.05, 0) is 22.4 Å². The Labute approximate surface area is 81.3 Å². The molecule has 0 saturated heterocycles. The lowest BCUT2D eigenvalue weighted by Crippen LogP contribution is -1.81. The van der Waals surface area contributed by atoms with Crippen LogP contribution < -0.4 is 0 Å². The van der Waals surface area contributed by atoms with E-state index in [4.69, 9.17) is 0 Å². The van der Waals surface area contributed by atoms with Gasteiger partial charge in [0.05, 0.1) is 0 Å². The molecule has 0 fully saturated rings. The van der Waals surface area contributed by atoms with Crippen molar-refractivity contribution in [3.05, 3.63) is 54.6 Å². The fourth-order valence-corrected chi connectivity index (χ4v) is 1.77. The first-order valence-corrected chi connectivity index (χ1v) is 5.42. The Morgan fingerprint density at radius 2 is 1.69 bits per heavy atom. The number of rotatable bonds is 1. The summed E-state index contributed by atoms with van der Waals surface area (Å²) in [6.07, 6.45) is 0. The molecule has 0 bridgehead atoms. The smallest absolute Gasteiger partial charge is 0.0385 e. The van der Waals surface area contributed by atoms with Crippen LogP contribution in [0.5, 0.6) is 0 Å². The quantitative estimate of drug-likeness (QED) is 0.596. The summed E-state index contributed by atoms with van der Waals surface area (Å²) in [6, 6.07) is 14.9. The third-order valence-corrected chi connectivity index (χ3v) is 2.82. The van der Waals surface area contributed by atoms with Crippen molar-refractivity contribution in [2.24, 2.45) is 0 Å². The molecule has 64 valence electrons. The Balaban J connectivity index is 2.69. The molecule has 0 aliphatic heterocycles. The van der Waals surface area contributed by atoms with Gasteiger partial charge in [0, 0.05) is 10.2 Å². The zero-order valence-electron chi connectivity index (χ0n) is 7.75. The van der Waals surface area contributed by atoms with E-state index < -0.39 is 0 Å². The molecule has 2 rings (SSSR count). The summed E-state index contributed by atoms with van der Waals surface area (Å²) in [5, 5.41) is 3.86. The van der Waals surface area contributed by atoms with Gasteiger partial charge >= 0.3 is 0 Å². The molecule has 0 N–H and O–H groups in total. The highest BCUT2D eigenvalue weighted by atomic mass is 28.1. The standard InChI is InChI=1S/C12H12Si/c1-9(13)11-7-6-10-4-2-3-5-12(10)8-11/h2-8H,1H2,13H3. The Hall–Kier alpha value is -1.34. The summed E-state index contributed by atoms with van der Waals surface area (Å²) in [6.45, 7) is 3.99. The highest BCUT2D eigenvalue weighted by Crippen LogP contribution is 2.18. The van der Waals surface area contributed by atoms with Crippen molar-refractivity contribution in [2.45, 2.75) is 0 Å². The van der Waals surface area contributed by atoms with Crippen LogP contribution in [-0.4, -0.2) is 10.2 Å². The molecular formula is C12H12Si. The van der Waals surface area contributed by atoms with Crippen LogP contribution in [-0.2, 0) is 0 Å². The monoisotopic (exact) mass is 184 g/mol. The summed E-state index contributed by atoms with van der Waals surface area (Å²) >= 11 is 0. The van der Waals surface area contributed by atoms with E-state index in [2.05, 4.69) is 49.0 Å². The van der Waals surface area contributed by atoms with Crippen LogP contribution in [0, 0.1) is 0 Å². The molecule has 0 spiro atoms. The molecular weight excluding hydrogens is 172 g/mol. The fourth-order valence-electron chi connectivity index (χ4n) is 1.45. The largest absolute Gasteiger partial charge is 0.100 e. The van der Waals surface area contributed by atoms with E-state index in [-0.39, 0.29) is 0 Å². The van der Waals surface area contributed by atoms with Crippen LogP contribution in [0.1, 0.15) is 5.56 Å². The highest BCUT2D eigenvalue weighted by molar-refractivity contribution is 6.41. The third kappa shape index (κ3) is 1.56. The molecule has 0 unspecified atom stereocenters. The maximum Gasteiger partial charge on any atom is 0.0385 e. The molecule has 0 amide bonds. The van der Waals surface area contributed by atoms with Gasteiger partial charge in [0.15, 0.2) is 0 Å². The summed E-state index contributed by atoms with van der Waals surface area (Å²) in [5.74, 6) is 0. The molecule has 1 heteroatoms. The molecule has 2 aromatic carbocycles. The molecule has 0 saturated carbocycles. The van der Waals surface area contributed by atoms with Crippen LogP contribution >= 0.6 is 0 Å². The van der Waals surface area contributed by atoms with Gasteiger partial charge in [-0.15, -0.1) is 6.58 Å².